The van der Waals surface area contributed by atoms with Crippen molar-refractivity contribution in [2.75, 3.05) is 0 Å². The smallest absolute Gasteiger partial charge is 0.357 e. The summed E-state index contributed by atoms with van der Waals surface area (Å²) in [5.41, 5.74) is 1.95. The van der Waals surface area contributed by atoms with Crippen LogP contribution >= 0.6 is 23.2 Å². The number of carboxylic acid groups (broad SMARTS) is 1. The molecule has 0 saturated heterocycles. The minimum atomic E-state index is -1.09. The summed E-state index contributed by atoms with van der Waals surface area (Å²) >= 11 is 11.9. The summed E-state index contributed by atoms with van der Waals surface area (Å²) in [6, 6.07) is 14.2. The summed E-state index contributed by atoms with van der Waals surface area (Å²) in [4.78, 5) is 11.4. The zero-order valence-electron chi connectivity index (χ0n) is 11.2. The van der Waals surface area contributed by atoms with Crippen molar-refractivity contribution in [1.82, 2.24) is 9.78 Å². The van der Waals surface area contributed by atoms with Crippen LogP contribution in [0.1, 0.15) is 10.5 Å². The van der Waals surface area contributed by atoms with E-state index < -0.39 is 5.97 Å². The highest BCUT2D eigenvalue weighted by Crippen LogP contribution is 2.27. The van der Waals surface area contributed by atoms with Gasteiger partial charge in [0.25, 0.3) is 0 Å². The monoisotopic (exact) mass is 332 g/mol. The Kier molecular flexibility index (Phi) is 3.88. The van der Waals surface area contributed by atoms with Gasteiger partial charge in [-0.3, -0.25) is 0 Å². The second-order valence-electron chi connectivity index (χ2n) is 4.61. The van der Waals surface area contributed by atoms with E-state index in [0.717, 1.165) is 5.56 Å². The highest BCUT2D eigenvalue weighted by atomic mass is 35.5. The van der Waals surface area contributed by atoms with Crippen molar-refractivity contribution in [3.8, 4) is 16.8 Å². The fourth-order valence-corrected chi connectivity index (χ4v) is 2.41. The molecular formula is C16H10Cl2N2O2. The Balaban J connectivity index is 2.15. The van der Waals surface area contributed by atoms with Crippen LogP contribution in [0.5, 0.6) is 0 Å². The molecule has 0 spiro atoms. The Hall–Kier alpha value is -2.30. The maximum Gasteiger partial charge on any atom is 0.357 e. The number of hydrogen-bond acceptors (Lipinski definition) is 2. The van der Waals surface area contributed by atoms with E-state index in [9.17, 15) is 9.90 Å². The number of halogens is 2. The van der Waals surface area contributed by atoms with E-state index in [4.69, 9.17) is 23.2 Å². The van der Waals surface area contributed by atoms with Crippen molar-refractivity contribution in [3.63, 3.8) is 0 Å². The molecule has 0 unspecified atom stereocenters. The van der Waals surface area contributed by atoms with E-state index in [1.807, 2.05) is 30.3 Å². The van der Waals surface area contributed by atoms with E-state index in [0.29, 0.717) is 21.3 Å². The van der Waals surface area contributed by atoms with Crippen LogP contribution < -0.4 is 0 Å². The van der Waals surface area contributed by atoms with E-state index in [1.54, 1.807) is 24.4 Å². The molecule has 22 heavy (non-hydrogen) atoms. The molecular weight excluding hydrogens is 323 g/mol. The SMILES string of the molecule is O=C(O)c1nn(-c2ccc(Cl)c(Cl)c2)cc1-c1ccccc1. The highest BCUT2D eigenvalue weighted by Gasteiger charge is 2.18. The van der Waals surface area contributed by atoms with Crippen molar-refractivity contribution in [2.45, 2.75) is 0 Å². The lowest BCUT2D eigenvalue weighted by molar-refractivity contribution is 0.0691. The van der Waals surface area contributed by atoms with Gasteiger partial charge in [-0.1, -0.05) is 53.5 Å². The van der Waals surface area contributed by atoms with Gasteiger partial charge in [0.05, 0.1) is 15.7 Å². The van der Waals surface area contributed by atoms with Gasteiger partial charge < -0.3 is 5.11 Å². The molecule has 0 saturated carbocycles. The molecule has 6 heteroatoms. The summed E-state index contributed by atoms with van der Waals surface area (Å²) in [5.74, 6) is -1.09. The number of benzene rings is 2. The molecule has 1 heterocycles. The molecule has 0 aliphatic carbocycles. The van der Waals surface area contributed by atoms with Crippen LogP contribution in [-0.2, 0) is 0 Å². The molecule has 1 aromatic heterocycles. The first-order valence-electron chi connectivity index (χ1n) is 6.40. The maximum atomic E-state index is 11.4. The van der Waals surface area contributed by atoms with Crippen molar-refractivity contribution in [3.05, 3.63) is 70.5 Å². The summed E-state index contributed by atoms with van der Waals surface area (Å²) in [7, 11) is 0. The zero-order valence-corrected chi connectivity index (χ0v) is 12.7. The van der Waals surface area contributed by atoms with E-state index in [1.165, 1.54) is 4.68 Å². The lowest BCUT2D eigenvalue weighted by Gasteiger charge is -2.02. The second kappa shape index (κ2) is 5.83. The van der Waals surface area contributed by atoms with E-state index >= 15 is 0 Å². The maximum absolute atomic E-state index is 11.4. The lowest BCUT2D eigenvalue weighted by Crippen LogP contribution is -2.01. The largest absolute Gasteiger partial charge is 0.476 e. The molecule has 0 aliphatic heterocycles. The molecule has 4 nitrogen and oxygen atoms in total. The van der Waals surface area contributed by atoms with Crippen LogP contribution in [-0.4, -0.2) is 20.9 Å². The van der Waals surface area contributed by atoms with Crippen LogP contribution in [0.2, 0.25) is 10.0 Å². The van der Waals surface area contributed by atoms with Crippen LogP contribution in [0.15, 0.2) is 54.7 Å². The van der Waals surface area contributed by atoms with Gasteiger partial charge in [-0.15, -0.1) is 0 Å². The van der Waals surface area contributed by atoms with Gasteiger partial charge in [0.1, 0.15) is 0 Å². The normalized spacial score (nSPS) is 10.6. The Bertz CT molecular complexity index is 845. The topological polar surface area (TPSA) is 55.1 Å². The number of carboxylic acids is 1. The molecule has 0 radical (unpaired) electrons. The molecule has 0 bridgehead atoms. The van der Waals surface area contributed by atoms with Crippen molar-refractivity contribution >= 4 is 29.2 Å². The average Bonchev–Trinajstić information content (AvgIpc) is 2.96. The predicted molar refractivity (Wildman–Crippen MR) is 86.0 cm³/mol. The van der Waals surface area contributed by atoms with Crippen LogP contribution in [0, 0.1) is 0 Å². The molecule has 3 aromatic rings. The molecule has 0 amide bonds. The van der Waals surface area contributed by atoms with Crippen molar-refractivity contribution in [2.24, 2.45) is 0 Å². The third-order valence-corrected chi connectivity index (χ3v) is 3.91. The van der Waals surface area contributed by atoms with E-state index in [2.05, 4.69) is 5.10 Å². The fourth-order valence-electron chi connectivity index (χ4n) is 2.12. The van der Waals surface area contributed by atoms with Gasteiger partial charge >= 0.3 is 5.97 Å². The molecule has 110 valence electrons. The highest BCUT2D eigenvalue weighted by molar-refractivity contribution is 6.42. The molecule has 0 aliphatic rings. The van der Waals surface area contributed by atoms with Crippen molar-refractivity contribution < 1.29 is 9.90 Å². The standard InChI is InChI=1S/C16H10Cl2N2O2/c17-13-7-6-11(8-14(13)18)20-9-12(15(19-20)16(21)22)10-4-2-1-3-5-10/h1-9H,(H,21,22). The first-order chi connectivity index (χ1) is 10.6. The third-order valence-electron chi connectivity index (χ3n) is 3.17. The lowest BCUT2D eigenvalue weighted by atomic mass is 10.1. The van der Waals surface area contributed by atoms with E-state index in [-0.39, 0.29) is 5.69 Å². The summed E-state index contributed by atoms with van der Waals surface area (Å²) in [5, 5.41) is 14.3. The van der Waals surface area contributed by atoms with Gasteiger partial charge in [0, 0.05) is 11.8 Å². The van der Waals surface area contributed by atoms with Gasteiger partial charge in [0.15, 0.2) is 5.69 Å². The second-order valence-corrected chi connectivity index (χ2v) is 5.42. The minimum absolute atomic E-state index is 0.0164. The Morgan fingerprint density at radius 1 is 1.05 bits per heavy atom. The number of rotatable bonds is 3. The molecule has 2 aromatic carbocycles. The first-order valence-corrected chi connectivity index (χ1v) is 7.15. The minimum Gasteiger partial charge on any atom is -0.476 e. The van der Waals surface area contributed by atoms with Crippen LogP contribution in [0.3, 0.4) is 0 Å². The molecule has 0 fully saturated rings. The Morgan fingerprint density at radius 2 is 1.77 bits per heavy atom. The number of aromatic carboxylic acids is 1. The van der Waals surface area contributed by atoms with Gasteiger partial charge in [-0.2, -0.15) is 5.10 Å². The van der Waals surface area contributed by atoms with Crippen LogP contribution in [0.25, 0.3) is 16.8 Å². The third kappa shape index (κ3) is 2.71. The number of hydrogen-bond donors (Lipinski definition) is 1. The fraction of sp³-hybridized carbons (Fsp3) is 0. The summed E-state index contributed by atoms with van der Waals surface area (Å²) in [6.45, 7) is 0. The molecule has 0 atom stereocenters. The predicted octanol–water partition coefficient (Wildman–Crippen LogP) is 4.54. The number of carbonyl (C=O) groups is 1. The summed E-state index contributed by atoms with van der Waals surface area (Å²) in [6.07, 6.45) is 1.67. The van der Waals surface area contributed by atoms with Crippen molar-refractivity contribution in [1.29, 1.82) is 0 Å². The number of nitrogens with zero attached hydrogens (tertiary/aromatic N) is 2. The molecule has 3 rings (SSSR count). The quantitative estimate of drug-likeness (QED) is 0.765. The van der Waals surface area contributed by atoms with Gasteiger partial charge in [0.2, 0.25) is 0 Å². The summed E-state index contributed by atoms with van der Waals surface area (Å²) < 4.78 is 1.48. The van der Waals surface area contributed by atoms with Gasteiger partial charge in [-0.25, -0.2) is 9.48 Å². The Labute approximate surface area is 136 Å². The zero-order chi connectivity index (χ0) is 15.7. The first kappa shape index (κ1) is 14.6. The van der Waals surface area contributed by atoms with Crippen LogP contribution in [0.4, 0.5) is 0 Å². The molecule has 1 N–H and O–H groups in total. The van der Waals surface area contributed by atoms with Gasteiger partial charge in [-0.05, 0) is 23.8 Å². The Morgan fingerprint density at radius 3 is 2.41 bits per heavy atom. The number of aromatic nitrogens is 2. The average molecular weight is 333 g/mol.